The van der Waals surface area contributed by atoms with Crippen LogP contribution < -0.4 is 5.32 Å². The monoisotopic (exact) mass is 298 g/mol. The lowest BCUT2D eigenvalue weighted by atomic mass is 9.65. The molecule has 4 nitrogen and oxygen atoms in total. The number of hydrogen-bond donors (Lipinski definition) is 1. The van der Waals surface area contributed by atoms with E-state index in [0.717, 1.165) is 26.2 Å². The normalized spacial score (nSPS) is 20.2. The third-order valence-electron chi connectivity index (χ3n) is 4.85. The molecule has 1 amide bonds. The largest absolute Gasteiger partial charge is 0.341 e. The van der Waals surface area contributed by atoms with Gasteiger partial charge in [0.05, 0.1) is 5.41 Å². The van der Waals surface area contributed by atoms with Crippen molar-refractivity contribution in [2.75, 3.05) is 26.2 Å². The maximum Gasteiger partial charge on any atom is 0.229 e. The third-order valence-corrected chi connectivity index (χ3v) is 4.85. The van der Waals surface area contributed by atoms with Crippen molar-refractivity contribution in [2.24, 2.45) is 16.7 Å². The average Bonchev–Trinajstić information content (AvgIpc) is 2.64. The van der Waals surface area contributed by atoms with Gasteiger partial charge in [-0.05, 0) is 19.4 Å². The SMILES string of the molecule is CC.CC(=O)C(C)(C)C(C)(C)C(=O)N1CCNCC(C)C1. The highest BCUT2D eigenvalue weighted by atomic mass is 16.2. The summed E-state index contributed by atoms with van der Waals surface area (Å²) in [6, 6.07) is 0. The molecule has 0 bridgehead atoms. The number of amides is 1. The predicted molar refractivity (Wildman–Crippen MR) is 88.2 cm³/mol. The topological polar surface area (TPSA) is 49.4 Å². The first-order chi connectivity index (χ1) is 9.60. The van der Waals surface area contributed by atoms with Crippen LogP contribution in [0.4, 0.5) is 0 Å². The maximum absolute atomic E-state index is 12.8. The van der Waals surface area contributed by atoms with Gasteiger partial charge >= 0.3 is 0 Å². The Balaban J connectivity index is 0.00000191. The molecule has 1 fully saturated rings. The first kappa shape index (κ1) is 20.1. The van der Waals surface area contributed by atoms with Gasteiger partial charge in [0.2, 0.25) is 5.91 Å². The molecule has 0 saturated carbocycles. The lowest BCUT2D eigenvalue weighted by Gasteiger charge is -2.41. The van der Waals surface area contributed by atoms with Gasteiger partial charge in [0.15, 0.2) is 0 Å². The molecule has 1 N–H and O–H groups in total. The third kappa shape index (κ3) is 4.53. The van der Waals surface area contributed by atoms with Crippen LogP contribution in [0.25, 0.3) is 0 Å². The van der Waals surface area contributed by atoms with Crippen LogP contribution in [0.3, 0.4) is 0 Å². The number of nitrogens with zero attached hydrogens (tertiary/aromatic N) is 1. The average molecular weight is 298 g/mol. The summed E-state index contributed by atoms with van der Waals surface area (Å²) in [6.45, 7) is 18.5. The molecule has 0 aromatic rings. The molecule has 21 heavy (non-hydrogen) atoms. The van der Waals surface area contributed by atoms with E-state index in [1.54, 1.807) is 6.92 Å². The van der Waals surface area contributed by atoms with Gasteiger partial charge in [-0.3, -0.25) is 9.59 Å². The summed E-state index contributed by atoms with van der Waals surface area (Å²) in [4.78, 5) is 26.6. The van der Waals surface area contributed by atoms with Gasteiger partial charge in [0, 0.05) is 25.0 Å². The number of Topliss-reactive ketones (excluding diaryl/α,β-unsaturated/α-hetero) is 1. The fourth-order valence-electron chi connectivity index (χ4n) is 2.38. The highest BCUT2D eigenvalue weighted by molar-refractivity contribution is 5.92. The smallest absolute Gasteiger partial charge is 0.229 e. The second kappa shape index (κ2) is 7.92. The van der Waals surface area contributed by atoms with E-state index in [9.17, 15) is 9.59 Å². The molecular formula is C17H34N2O2. The summed E-state index contributed by atoms with van der Waals surface area (Å²) in [5.41, 5.74) is -1.32. The Labute approximate surface area is 130 Å². The van der Waals surface area contributed by atoms with Crippen molar-refractivity contribution >= 4 is 11.7 Å². The summed E-state index contributed by atoms with van der Waals surface area (Å²) in [5, 5.41) is 3.33. The van der Waals surface area contributed by atoms with Crippen molar-refractivity contribution in [1.82, 2.24) is 10.2 Å². The van der Waals surface area contributed by atoms with Crippen LogP contribution in [-0.2, 0) is 9.59 Å². The van der Waals surface area contributed by atoms with Gasteiger partial charge in [0.25, 0.3) is 0 Å². The van der Waals surface area contributed by atoms with Gasteiger partial charge < -0.3 is 10.2 Å². The van der Waals surface area contributed by atoms with Crippen molar-refractivity contribution in [3.63, 3.8) is 0 Å². The number of rotatable bonds is 3. The lowest BCUT2D eigenvalue weighted by Crippen LogP contribution is -2.52. The molecule has 0 spiro atoms. The fraction of sp³-hybridized carbons (Fsp3) is 0.882. The number of ketones is 1. The van der Waals surface area contributed by atoms with Crippen LogP contribution >= 0.6 is 0 Å². The van der Waals surface area contributed by atoms with Crippen molar-refractivity contribution in [3.05, 3.63) is 0 Å². The Morgan fingerprint density at radius 3 is 2.10 bits per heavy atom. The van der Waals surface area contributed by atoms with E-state index in [-0.39, 0.29) is 11.7 Å². The summed E-state index contributed by atoms with van der Waals surface area (Å²) in [7, 11) is 0. The van der Waals surface area contributed by atoms with E-state index in [0.29, 0.717) is 5.92 Å². The van der Waals surface area contributed by atoms with Crippen LogP contribution in [0.15, 0.2) is 0 Å². The molecule has 1 rings (SSSR count). The molecular weight excluding hydrogens is 264 g/mol. The summed E-state index contributed by atoms with van der Waals surface area (Å²) in [5.74, 6) is 0.595. The van der Waals surface area contributed by atoms with E-state index >= 15 is 0 Å². The zero-order valence-corrected chi connectivity index (χ0v) is 15.2. The summed E-state index contributed by atoms with van der Waals surface area (Å²) in [6.07, 6.45) is 0. The standard InChI is InChI=1S/C15H28N2O2.C2H6/c1-11-9-16-7-8-17(10-11)13(19)15(5,6)14(3,4)12(2)18;1-2/h11,16H,7-10H2,1-6H3;1-2H3. The number of carbonyl (C=O) groups is 2. The first-order valence-corrected chi connectivity index (χ1v) is 8.12. The molecule has 1 saturated heterocycles. The van der Waals surface area contributed by atoms with Gasteiger partial charge in [-0.1, -0.05) is 48.5 Å². The Bertz CT molecular complexity index is 362. The van der Waals surface area contributed by atoms with E-state index < -0.39 is 10.8 Å². The zero-order chi connectivity index (χ0) is 16.8. The molecule has 124 valence electrons. The van der Waals surface area contributed by atoms with Crippen LogP contribution in [0.5, 0.6) is 0 Å². The number of nitrogens with one attached hydrogen (secondary N) is 1. The number of hydrogen-bond acceptors (Lipinski definition) is 3. The van der Waals surface area contributed by atoms with Gasteiger partial charge in [-0.15, -0.1) is 0 Å². The van der Waals surface area contributed by atoms with Crippen LogP contribution in [0.2, 0.25) is 0 Å². The minimum absolute atomic E-state index is 0.0619. The van der Waals surface area contributed by atoms with Gasteiger partial charge in [-0.2, -0.15) is 0 Å². The van der Waals surface area contributed by atoms with E-state index in [1.807, 2.05) is 46.4 Å². The minimum atomic E-state index is -0.678. The zero-order valence-electron chi connectivity index (χ0n) is 15.2. The molecule has 1 aliphatic heterocycles. The van der Waals surface area contributed by atoms with Gasteiger partial charge in [0.1, 0.15) is 5.78 Å². The van der Waals surface area contributed by atoms with Crippen molar-refractivity contribution < 1.29 is 9.59 Å². The lowest BCUT2D eigenvalue weighted by molar-refractivity contribution is -0.153. The Kier molecular flexibility index (Phi) is 7.58. The van der Waals surface area contributed by atoms with E-state index in [4.69, 9.17) is 0 Å². The van der Waals surface area contributed by atoms with Crippen LogP contribution in [0, 0.1) is 16.7 Å². The first-order valence-electron chi connectivity index (χ1n) is 8.12. The molecule has 0 radical (unpaired) electrons. The Morgan fingerprint density at radius 2 is 1.62 bits per heavy atom. The number of carbonyl (C=O) groups excluding carboxylic acids is 2. The quantitative estimate of drug-likeness (QED) is 0.871. The maximum atomic E-state index is 12.8. The predicted octanol–water partition coefficient (Wildman–Crippen LogP) is 2.72. The Morgan fingerprint density at radius 1 is 1.10 bits per heavy atom. The minimum Gasteiger partial charge on any atom is -0.341 e. The van der Waals surface area contributed by atoms with Crippen LogP contribution in [-0.4, -0.2) is 42.8 Å². The fourth-order valence-corrected chi connectivity index (χ4v) is 2.38. The Hall–Kier alpha value is -0.900. The molecule has 1 heterocycles. The van der Waals surface area contributed by atoms with Gasteiger partial charge in [-0.25, -0.2) is 0 Å². The molecule has 0 aromatic heterocycles. The summed E-state index contributed by atoms with van der Waals surface area (Å²) < 4.78 is 0. The molecule has 0 aromatic carbocycles. The molecule has 1 unspecified atom stereocenters. The van der Waals surface area contributed by atoms with Crippen molar-refractivity contribution in [3.8, 4) is 0 Å². The molecule has 4 heteroatoms. The van der Waals surface area contributed by atoms with Crippen molar-refractivity contribution in [1.29, 1.82) is 0 Å². The second-order valence-electron chi connectivity index (χ2n) is 6.87. The highest BCUT2D eigenvalue weighted by Gasteiger charge is 2.48. The molecule has 1 atom stereocenters. The highest BCUT2D eigenvalue weighted by Crippen LogP contribution is 2.40. The molecule has 1 aliphatic rings. The van der Waals surface area contributed by atoms with Crippen molar-refractivity contribution in [2.45, 2.75) is 55.4 Å². The van der Waals surface area contributed by atoms with Crippen LogP contribution in [0.1, 0.15) is 55.4 Å². The van der Waals surface area contributed by atoms with E-state index in [2.05, 4.69) is 12.2 Å². The van der Waals surface area contributed by atoms with E-state index in [1.165, 1.54) is 0 Å². The molecule has 0 aliphatic carbocycles. The second-order valence-corrected chi connectivity index (χ2v) is 6.87. The summed E-state index contributed by atoms with van der Waals surface area (Å²) >= 11 is 0.